The molecular weight excluding hydrogens is 194 g/mol. The van der Waals surface area contributed by atoms with E-state index < -0.39 is 0 Å². The molecule has 1 aromatic heterocycles. The Balaban J connectivity index is 1.53. The lowest BCUT2D eigenvalue weighted by Gasteiger charge is -2.01. The topological polar surface area (TPSA) is 50.9 Å². The second-order valence-corrected chi connectivity index (χ2v) is 4.80. The Morgan fingerprint density at radius 1 is 1.50 bits per heavy atom. The van der Waals surface area contributed by atoms with Crippen molar-refractivity contribution in [1.82, 2.24) is 10.3 Å². The fourth-order valence-electron chi connectivity index (χ4n) is 1.49. The van der Waals surface area contributed by atoms with Crippen molar-refractivity contribution < 1.29 is 0 Å². The Bertz CT molecular complexity index is 281. The van der Waals surface area contributed by atoms with Crippen molar-refractivity contribution in [2.75, 3.05) is 18.8 Å². The van der Waals surface area contributed by atoms with E-state index in [1.807, 2.05) is 5.38 Å². The van der Waals surface area contributed by atoms with E-state index in [1.54, 1.807) is 0 Å². The highest BCUT2D eigenvalue weighted by atomic mass is 32.1. The minimum absolute atomic E-state index is 0.679. The lowest BCUT2D eigenvalue weighted by atomic mass is 10.3. The molecule has 0 aromatic carbocycles. The van der Waals surface area contributed by atoms with Gasteiger partial charge in [0.2, 0.25) is 0 Å². The van der Waals surface area contributed by atoms with Gasteiger partial charge in [0.25, 0.3) is 0 Å². The van der Waals surface area contributed by atoms with E-state index in [-0.39, 0.29) is 0 Å². The summed E-state index contributed by atoms with van der Waals surface area (Å²) in [5.74, 6) is 1.03. The van der Waals surface area contributed by atoms with Crippen LogP contribution in [0.15, 0.2) is 5.38 Å². The fraction of sp³-hybridized carbons (Fsp3) is 0.700. The van der Waals surface area contributed by atoms with Gasteiger partial charge in [0.05, 0.1) is 5.69 Å². The summed E-state index contributed by atoms with van der Waals surface area (Å²) in [7, 11) is 0. The molecule has 1 aliphatic rings. The first-order chi connectivity index (χ1) is 6.84. The third kappa shape index (κ3) is 3.27. The van der Waals surface area contributed by atoms with Crippen LogP contribution >= 0.6 is 11.3 Å². The summed E-state index contributed by atoms with van der Waals surface area (Å²) in [6.45, 7) is 2.18. The van der Waals surface area contributed by atoms with Gasteiger partial charge in [-0.1, -0.05) is 12.8 Å². The quantitative estimate of drug-likeness (QED) is 0.704. The average Bonchev–Trinajstić information content (AvgIpc) is 2.89. The van der Waals surface area contributed by atoms with Crippen molar-refractivity contribution in [2.24, 2.45) is 5.92 Å². The number of hydrogen-bond acceptors (Lipinski definition) is 4. The summed E-state index contributed by atoms with van der Waals surface area (Å²) in [6.07, 6.45) is 5.24. The van der Waals surface area contributed by atoms with Gasteiger partial charge < -0.3 is 11.1 Å². The molecule has 1 heterocycles. The van der Waals surface area contributed by atoms with Gasteiger partial charge in [0, 0.05) is 18.3 Å². The van der Waals surface area contributed by atoms with Crippen molar-refractivity contribution in [2.45, 2.75) is 25.7 Å². The normalized spacial score (nSPS) is 16.0. The van der Waals surface area contributed by atoms with Crippen LogP contribution in [0, 0.1) is 5.92 Å². The monoisotopic (exact) mass is 211 g/mol. The molecule has 1 aromatic rings. The van der Waals surface area contributed by atoms with Crippen LogP contribution in [0.3, 0.4) is 0 Å². The van der Waals surface area contributed by atoms with E-state index in [2.05, 4.69) is 10.3 Å². The molecule has 0 saturated heterocycles. The molecule has 0 atom stereocenters. The largest absolute Gasteiger partial charge is 0.375 e. The zero-order valence-corrected chi connectivity index (χ0v) is 9.15. The van der Waals surface area contributed by atoms with Crippen LogP contribution < -0.4 is 11.1 Å². The third-order valence-electron chi connectivity index (χ3n) is 2.55. The molecule has 1 fully saturated rings. The Hall–Kier alpha value is -0.610. The molecule has 0 aliphatic heterocycles. The molecule has 78 valence electrons. The summed E-state index contributed by atoms with van der Waals surface area (Å²) in [4.78, 5) is 4.21. The fourth-order valence-corrected chi connectivity index (χ4v) is 2.09. The van der Waals surface area contributed by atoms with Crippen molar-refractivity contribution >= 4 is 16.5 Å². The highest BCUT2D eigenvalue weighted by Gasteiger charge is 2.19. The van der Waals surface area contributed by atoms with Gasteiger partial charge in [-0.15, -0.1) is 11.3 Å². The zero-order valence-electron chi connectivity index (χ0n) is 8.33. The third-order valence-corrected chi connectivity index (χ3v) is 3.28. The molecule has 3 nitrogen and oxygen atoms in total. The van der Waals surface area contributed by atoms with Gasteiger partial charge in [-0.3, -0.25) is 0 Å². The van der Waals surface area contributed by atoms with E-state index in [4.69, 9.17) is 5.73 Å². The number of thiazole rings is 1. The Morgan fingerprint density at radius 2 is 2.36 bits per heavy atom. The van der Waals surface area contributed by atoms with Crippen molar-refractivity contribution in [3.05, 3.63) is 11.1 Å². The molecular formula is C10H17N3S. The molecule has 0 spiro atoms. The number of nitrogens with two attached hydrogens (primary N) is 1. The smallest absolute Gasteiger partial charge is 0.180 e. The second kappa shape index (κ2) is 4.75. The maximum atomic E-state index is 5.54. The van der Waals surface area contributed by atoms with Crippen LogP contribution in [-0.4, -0.2) is 18.1 Å². The number of anilines is 1. The molecule has 1 saturated carbocycles. The summed E-state index contributed by atoms with van der Waals surface area (Å²) < 4.78 is 0. The van der Waals surface area contributed by atoms with Crippen molar-refractivity contribution in [1.29, 1.82) is 0 Å². The SMILES string of the molecule is Nc1nc(CCNCCC2CC2)cs1. The lowest BCUT2D eigenvalue weighted by Crippen LogP contribution is -2.19. The number of rotatable bonds is 6. The Morgan fingerprint density at radius 3 is 3.00 bits per heavy atom. The molecule has 2 rings (SSSR count). The molecule has 4 heteroatoms. The zero-order chi connectivity index (χ0) is 9.80. The van der Waals surface area contributed by atoms with Crippen LogP contribution in [0.2, 0.25) is 0 Å². The predicted octanol–water partition coefficient (Wildman–Crippen LogP) is 1.66. The first-order valence-corrected chi connectivity index (χ1v) is 6.13. The second-order valence-electron chi connectivity index (χ2n) is 3.91. The molecule has 0 amide bonds. The summed E-state index contributed by atoms with van der Waals surface area (Å²) in [6, 6.07) is 0. The van der Waals surface area contributed by atoms with Gasteiger partial charge in [0.1, 0.15) is 0 Å². The van der Waals surface area contributed by atoms with E-state index in [9.17, 15) is 0 Å². The number of hydrogen-bond donors (Lipinski definition) is 2. The van der Waals surface area contributed by atoms with Gasteiger partial charge in [-0.05, 0) is 18.9 Å². The number of nitrogen functional groups attached to an aromatic ring is 1. The van der Waals surface area contributed by atoms with E-state index >= 15 is 0 Å². The number of nitrogens with one attached hydrogen (secondary N) is 1. The minimum atomic E-state index is 0.679. The van der Waals surface area contributed by atoms with Gasteiger partial charge in [-0.2, -0.15) is 0 Å². The lowest BCUT2D eigenvalue weighted by molar-refractivity contribution is 0.611. The first-order valence-electron chi connectivity index (χ1n) is 5.25. The van der Waals surface area contributed by atoms with Crippen LogP contribution in [0.5, 0.6) is 0 Å². The molecule has 0 bridgehead atoms. The van der Waals surface area contributed by atoms with Gasteiger partial charge in [0.15, 0.2) is 5.13 Å². The Kier molecular flexibility index (Phi) is 3.37. The Labute approximate surface area is 88.7 Å². The van der Waals surface area contributed by atoms with Crippen LogP contribution in [0.25, 0.3) is 0 Å². The van der Waals surface area contributed by atoms with Crippen LogP contribution in [0.1, 0.15) is 25.0 Å². The summed E-state index contributed by atoms with van der Waals surface area (Å²) in [5, 5.41) is 6.16. The molecule has 1 aliphatic carbocycles. The van der Waals surface area contributed by atoms with Crippen LogP contribution in [0.4, 0.5) is 5.13 Å². The maximum Gasteiger partial charge on any atom is 0.180 e. The van der Waals surface area contributed by atoms with Gasteiger partial charge in [-0.25, -0.2) is 4.98 Å². The molecule has 14 heavy (non-hydrogen) atoms. The number of aromatic nitrogens is 1. The predicted molar refractivity (Wildman–Crippen MR) is 60.4 cm³/mol. The highest BCUT2D eigenvalue weighted by molar-refractivity contribution is 7.13. The first kappa shape index (κ1) is 9.93. The standard InChI is InChI=1S/C10H17N3S/c11-10-13-9(7-14-10)4-6-12-5-3-8-1-2-8/h7-8,12H,1-6H2,(H2,11,13). The molecule has 3 N–H and O–H groups in total. The van der Waals surface area contributed by atoms with Crippen molar-refractivity contribution in [3.63, 3.8) is 0 Å². The summed E-state index contributed by atoms with van der Waals surface area (Å²) in [5.41, 5.74) is 6.66. The van der Waals surface area contributed by atoms with E-state index in [1.165, 1.54) is 30.6 Å². The maximum absolute atomic E-state index is 5.54. The van der Waals surface area contributed by atoms with Gasteiger partial charge >= 0.3 is 0 Å². The number of nitrogens with zero attached hydrogens (tertiary/aromatic N) is 1. The van der Waals surface area contributed by atoms with Crippen LogP contribution in [-0.2, 0) is 6.42 Å². The van der Waals surface area contributed by atoms with Crippen molar-refractivity contribution in [3.8, 4) is 0 Å². The minimum Gasteiger partial charge on any atom is -0.375 e. The average molecular weight is 211 g/mol. The van der Waals surface area contributed by atoms with E-state index in [0.717, 1.165) is 31.1 Å². The molecule has 0 radical (unpaired) electrons. The summed E-state index contributed by atoms with van der Waals surface area (Å²) >= 11 is 1.52. The van der Waals surface area contributed by atoms with E-state index in [0.29, 0.717) is 5.13 Å². The molecule has 0 unspecified atom stereocenters. The highest BCUT2D eigenvalue weighted by Crippen LogP contribution is 2.31.